The summed E-state index contributed by atoms with van der Waals surface area (Å²) in [6, 6.07) is 0. The van der Waals surface area contributed by atoms with E-state index in [0.29, 0.717) is 18.1 Å². The van der Waals surface area contributed by atoms with Crippen LogP contribution in [0.1, 0.15) is 37.1 Å². The first-order chi connectivity index (χ1) is 7.59. The molecule has 0 unspecified atom stereocenters. The highest BCUT2D eigenvalue weighted by Gasteiger charge is 2.24. The van der Waals surface area contributed by atoms with E-state index in [0.717, 1.165) is 28.7 Å². The Morgan fingerprint density at radius 1 is 1.50 bits per heavy atom. The van der Waals surface area contributed by atoms with Gasteiger partial charge in [-0.2, -0.15) is 5.10 Å². The van der Waals surface area contributed by atoms with E-state index in [1.54, 1.807) is 0 Å². The maximum Gasteiger partial charge on any atom is 0.141 e. The van der Waals surface area contributed by atoms with Gasteiger partial charge in [-0.05, 0) is 35.7 Å². The molecule has 88 valence electrons. The quantitative estimate of drug-likeness (QED) is 0.856. The Morgan fingerprint density at radius 3 is 2.62 bits per heavy atom. The Morgan fingerprint density at radius 2 is 2.12 bits per heavy atom. The molecule has 4 heteroatoms. The first kappa shape index (κ1) is 11.8. The zero-order valence-corrected chi connectivity index (χ0v) is 11.4. The molecule has 2 rings (SSSR count). The minimum Gasteiger partial charge on any atom is -0.299 e. The van der Waals surface area contributed by atoms with Crippen molar-refractivity contribution in [3.8, 4) is 0 Å². The van der Waals surface area contributed by atoms with Crippen LogP contribution in [0.15, 0.2) is 4.47 Å². The van der Waals surface area contributed by atoms with Crippen LogP contribution in [0.4, 0.5) is 0 Å². The summed E-state index contributed by atoms with van der Waals surface area (Å²) in [4.78, 5) is 12.1. The van der Waals surface area contributed by atoms with Crippen LogP contribution in [0.2, 0.25) is 0 Å². The second-order valence-corrected chi connectivity index (χ2v) is 5.39. The number of rotatable bonds is 3. The van der Waals surface area contributed by atoms with Crippen molar-refractivity contribution >= 4 is 21.7 Å². The van der Waals surface area contributed by atoms with Gasteiger partial charge in [0.05, 0.1) is 15.9 Å². The summed E-state index contributed by atoms with van der Waals surface area (Å²) in [6.45, 7) is 1.95. The van der Waals surface area contributed by atoms with Crippen molar-refractivity contribution in [2.24, 2.45) is 13.0 Å². The average Bonchev–Trinajstić information content (AvgIpc) is 2.83. The number of hydrogen-bond acceptors (Lipinski definition) is 2. The minimum absolute atomic E-state index is 0.294. The van der Waals surface area contributed by atoms with Crippen molar-refractivity contribution in [3.63, 3.8) is 0 Å². The van der Waals surface area contributed by atoms with Gasteiger partial charge in [0.1, 0.15) is 5.78 Å². The van der Waals surface area contributed by atoms with E-state index in [1.807, 2.05) is 18.7 Å². The smallest absolute Gasteiger partial charge is 0.141 e. The average molecular weight is 285 g/mol. The Kier molecular flexibility index (Phi) is 3.47. The van der Waals surface area contributed by atoms with Crippen LogP contribution >= 0.6 is 15.9 Å². The number of halogens is 1. The van der Waals surface area contributed by atoms with Crippen molar-refractivity contribution in [1.82, 2.24) is 9.78 Å². The highest BCUT2D eigenvalue weighted by Crippen LogP contribution is 2.28. The summed E-state index contributed by atoms with van der Waals surface area (Å²) in [5, 5.41) is 4.31. The number of carbonyl (C=O) groups excluding carboxylic acids is 1. The molecule has 1 aliphatic carbocycles. The summed E-state index contributed by atoms with van der Waals surface area (Å²) >= 11 is 3.50. The van der Waals surface area contributed by atoms with Crippen molar-refractivity contribution in [2.75, 3.05) is 0 Å². The summed E-state index contributed by atoms with van der Waals surface area (Å²) < 4.78 is 2.80. The standard InChI is InChI=1S/C12H17BrN2O/c1-8-12(13)10(15(2)14-8)7-11(16)9-5-3-4-6-9/h9H,3-7H2,1-2H3. The third kappa shape index (κ3) is 2.21. The third-order valence-electron chi connectivity index (χ3n) is 3.41. The van der Waals surface area contributed by atoms with E-state index in [-0.39, 0.29) is 0 Å². The van der Waals surface area contributed by atoms with Gasteiger partial charge in [0.15, 0.2) is 0 Å². The summed E-state index contributed by atoms with van der Waals surface area (Å²) in [5.74, 6) is 0.670. The molecule has 0 spiro atoms. The van der Waals surface area contributed by atoms with Gasteiger partial charge in [-0.15, -0.1) is 0 Å². The van der Waals surface area contributed by atoms with Crippen molar-refractivity contribution < 1.29 is 4.79 Å². The molecule has 1 saturated carbocycles. The second-order valence-electron chi connectivity index (χ2n) is 4.59. The Bertz CT molecular complexity index is 405. The summed E-state index contributed by atoms with van der Waals surface area (Å²) in [6.07, 6.45) is 5.09. The molecule has 0 bridgehead atoms. The molecule has 0 atom stereocenters. The van der Waals surface area contributed by atoms with Gasteiger partial charge in [-0.3, -0.25) is 9.48 Å². The predicted octanol–water partition coefficient (Wildman–Crippen LogP) is 2.79. The molecule has 16 heavy (non-hydrogen) atoms. The summed E-state index contributed by atoms with van der Waals surface area (Å²) in [7, 11) is 1.90. The lowest BCUT2D eigenvalue weighted by Crippen LogP contribution is -2.15. The fraction of sp³-hybridized carbons (Fsp3) is 0.667. The lowest BCUT2D eigenvalue weighted by atomic mass is 9.99. The van der Waals surface area contributed by atoms with E-state index in [9.17, 15) is 4.79 Å². The molecule has 1 heterocycles. The second kappa shape index (κ2) is 4.70. The molecular formula is C12H17BrN2O. The number of nitrogens with zero attached hydrogens (tertiary/aromatic N) is 2. The lowest BCUT2D eigenvalue weighted by molar-refractivity contribution is -0.122. The topological polar surface area (TPSA) is 34.9 Å². The van der Waals surface area contributed by atoms with Crippen LogP contribution in [0.3, 0.4) is 0 Å². The van der Waals surface area contributed by atoms with E-state index < -0.39 is 0 Å². The van der Waals surface area contributed by atoms with E-state index in [4.69, 9.17) is 0 Å². The molecule has 1 fully saturated rings. The minimum atomic E-state index is 0.294. The first-order valence-electron chi connectivity index (χ1n) is 5.80. The number of hydrogen-bond donors (Lipinski definition) is 0. The number of Topliss-reactive ketones (excluding diaryl/α,β-unsaturated/α-hetero) is 1. The highest BCUT2D eigenvalue weighted by molar-refractivity contribution is 9.10. The van der Waals surface area contributed by atoms with E-state index in [1.165, 1.54) is 12.8 Å². The molecule has 0 saturated heterocycles. The van der Waals surface area contributed by atoms with Gasteiger partial charge in [0.25, 0.3) is 0 Å². The van der Waals surface area contributed by atoms with Crippen LogP contribution < -0.4 is 0 Å². The molecular weight excluding hydrogens is 268 g/mol. The van der Waals surface area contributed by atoms with Crippen molar-refractivity contribution in [1.29, 1.82) is 0 Å². The number of ketones is 1. The van der Waals surface area contributed by atoms with Gasteiger partial charge in [-0.1, -0.05) is 12.8 Å². The van der Waals surface area contributed by atoms with Crippen LogP contribution in [0, 0.1) is 12.8 Å². The number of aryl methyl sites for hydroxylation is 2. The largest absolute Gasteiger partial charge is 0.299 e. The normalized spacial score (nSPS) is 16.9. The number of carbonyl (C=O) groups is 1. The van der Waals surface area contributed by atoms with Gasteiger partial charge in [-0.25, -0.2) is 0 Å². The molecule has 0 amide bonds. The summed E-state index contributed by atoms with van der Waals surface area (Å²) in [5.41, 5.74) is 1.96. The Labute approximate surface area is 104 Å². The van der Waals surface area contributed by atoms with Crippen LogP contribution in [0.5, 0.6) is 0 Å². The first-order valence-corrected chi connectivity index (χ1v) is 6.59. The van der Waals surface area contributed by atoms with E-state index in [2.05, 4.69) is 21.0 Å². The maximum absolute atomic E-state index is 12.1. The Hall–Kier alpha value is -0.640. The van der Waals surface area contributed by atoms with Crippen LogP contribution in [-0.4, -0.2) is 15.6 Å². The lowest BCUT2D eigenvalue weighted by Gasteiger charge is -2.08. The molecule has 1 aromatic rings. The van der Waals surface area contributed by atoms with Crippen molar-refractivity contribution in [3.05, 3.63) is 15.9 Å². The fourth-order valence-electron chi connectivity index (χ4n) is 2.43. The molecule has 0 radical (unpaired) electrons. The zero-order valence-electron chi connectivity index (χ0n) is 9.79. The SMILES string of the molecule is Cc1nn(C)c(CC(=O)C2CCCC2)c1Br. The highest BCUT2D eigenvalue weighted by atomic mass is 79.9. The molecule has 1 aliphatic rings. The van der Waals surface area contributed by atoms with Crippen molar-refractivity contribution in [2.45, 2.75) is 39.0 Å². The molecule has 1 aromatic heterocycles. The van der Waals surface area contributed by atoms with Gasteiger partial charge < -0.3 is 0 Å². The van der Waals surface area contributed by atoms with E-state index >= 15 is 0 Å². The van der Waals surface area contributed by atoms with Gasteiger partial charge in [0, 0.05) is 19.4 Å². The third-order valence-corrected chi connectivity index (χ3v) is 4.45. The molecule has 0 aliphatic heterocycles. The van der Waals surface area contributed by atoms with Crippen LogP contribution in [0.25, 0.3) is 0 Å². The fourth-order valence-corrected chi connectivity index (χ4v) is 2.91. The van der Waals surface area contributed by atoms with Crippen LogP contribution in [-0.2, 0) is 18.3 Å². The molecule has 0 N–H and O–H groups in total. The van der Waals surface area contributed by atoms with Gasteiger partial charge in [0.2, 0.25) is 0 Å². The number of aromatic nitrogens is 2. The zero-order chi connectivity index (χ0) is 11.7. The molecule has 3 nitrogen and oxygen atoms in total. The predicted molar refractivity (Wildman–Crippen MR) is 66.3 cm³/mol. The molecule has 0 aromatic carbocycles. The maximum atomic E-state index is 12.1. The van der Waals surface area contributed by atoms with Gasteiger partial charge >= 0.3 is 0 Å². The Balaban J connectivity index is 2.11. The monoisotopic (exact) mass is 284 g/mol.